The molecule has 0 aromatic heterocycles. The Labute approximate surface area is 101 Å². The quantitative estimate of drug-likeness (QED) is 0.785. The summed E-state index contributed by atoms with van der Waals surface area (Å²) < 4.78 is 16.7. The zero-order chi connectivity index (χ0) is 13.9. The largest absolute Gasteiger partial charge is 0.480 e. The summed E-state index contributed by atoms with van der Waals surface area (Å²) >= 11 is 0. The number of nitrogens with zero attached hydrogens (tertiary/aromatic N) is 1. The number of ether oxygens (including phenoxy) is 1. The lowest BCUT2D eigenvalue weighted by Crippen LogP contribution is -2.40. The van der Waals surface area contributed by atoms with Crippen LogP contribution in [0.2, 0.25) is 0 Å². The van der Waals surface area contributed by atoms with E-state index in [1.54, 1.807) is 20.8 Å². The Morgan fingerprint density at radius 1 is 1.29 bits per heavy atom. The van der Waals surface area contributed by atoms with Crippen molar-refractivity contribution in [2.45, 2.75) is 26.4 Å². The van der Waals surface area contributed by atoms with Crippen LogP contribution < -0.4 is 0 Å². The lowest BCUT2D eigenvalue weighted by atomic mass is 10.2. The predicted octanol–water partition coefficient (Wildman–Crippen LogP) is 1.89. The molecule has 0 rings (SSSR count). The molecule has 0 bridgehead atoms. The second kappa shape index (κ2) is 5.54. The summed E-state index contributed by atoms with van der Waals surface area (Å²) in [5.74, 6) is -1.16. The summed E-state index contributed by atoms with van der Waals surface area (Å²) in [5.41, 5.74) is -0.709. The first-order chi connectivity index (χ1) is 7.41. The number of hydrogen-bond donors (Lipinski definition) is 1. The average Bonchev–Trinajstić information content (AvgIpc) is 1.95. The van der Waals surface area contributed by atoms with E-state index in [0.717, 1.165) is 4.90 Å². The van der Waals surface area contributed by atoms with Crippen molar-refractivity contribution in [3.8, 4) is 0 Å². The smallest absolute Gasteiger partial charge is 0.411 e. The summed E-state index contributed by atoms with van der Waals surface area (Å²) in [6.07, 6.45) is -0.863. The molecule has 1 N–H and O–H groups in total. The number of carboxylic acid groups (broad SMARTS) is 1. The molecule has 0 heterocycles. The number of carbonyl (C=O) groups is 2. The molecule has 17 heavy (non-hydrogen) atoms. The van der Waals surface area contributed by atoms with Gasteiger partial charge in [0.15, 0.2) is 0 Å². The molecule has 0 saturated carbocycles. The fourth-order valence-corrected chi connectivity index (χ4v) is 2.11. The third-order valence-electron chi connectivity index (χ3n) is 1.49. The van der Waals surface area contributed by atoms with Crippen LogP contribution >= 0.6 is 7.14 Å². The van der Waals surface area contributed by atoms with E-state index in [0.29, 0.717) is 0 Å². The van der Waals surface area contributed by atoms with Crippen molar-refractivity contribution in [2.75, 3.05) is 26.2 Å². The van der Waals surface area contributed by atoms with Gasteiger partial charge in [-0.1, -0.05) is 0 Å². The second-order valence-corrected chi connectivity index (χ2v) is 8.72. The van der Waals surface area contributed by atoms with Gasteiger partial charge in [-0.3, -0.25) is 9.69 Å². The molecule has 0 unspecified atom stereocenters. The first-order valence-electron chi connectivity index (χ1n) is 5.14. The van der Waals surface area contributed by atoms with Crippen LogP contribution in [0.3, 0.4) is 0 Å². The molecule has 100 valence electrons. The van der Waals surface area contributed by atoms with E-state index in [4.69, 9.17) is 9.84 Å². The van der Waals surface area contributed by atoms with Crippen molar-refractivity contribution in [1.29, 1.82) is 0 Å². The lowest BCUT2D eigenvalue weighted by molar-refractivity contribution is -0.138. The van der Waals surface area contributed by atoms with Gasteiger partial charge in [0, 0.05) is 0 Å². The molecule has 0 aliphatic heterocycles. The minimum absolute atomic E-state index is 0.103. The Balaban J connectivity index is 4.74. The van der Waals surface area contributed by atoms with Gasteiger partial charge in [-0.2, -0.15) is 0 Å². The van der Waals surface area contributed by atoms with E-state index in [1.165, 1.54) is 13.3 Å². The van der Waals surface area contributed by atoms with Crippen LogP contribution in [-0.2, 0) is 14.1 Å². The van der Waals surface area contributed by atoms with Crippen LogP contribution in [-0.4, -0.2) is 53.8 Å². The molecule has 0 radical (unpaired) electrons. The normalized spacial score (nSPS) is 12.1. The van der Waals surface area contributed by atoms with Crippen LogP contribution in [0, 0.1) is 0 Å². The van der Waals surface area contributed by atoms with Gasteiger partial charge in [0.05, 0.1) is 6.29 Å². The van der Waals surface area contributed by atoms with Crippen molar-refractivity contribution < 1.29 is 24.0 Å². The van der Waals surface area contributed by atoms with Crippen molar-refractivity contribution in [3.63, 3.8) is 0 Å². The number of carboxylic acids is 1. The van der Waals surface area contributed by atoms with Crippen LogP contribution in [0.1, 0.15) is 20.8 Å². The topological polar surface area (TPSA) is 83.9 Å². The molecule has 0 saturated heterocycles. The maximum atomic E-state index is 11.7. The zero-order valence-electron chi connectivity index (χ0n) is 10.9. The fraction of sp³-hybridized carbons (Fsp3) is 0.800. The minimum Gasteiger partial charge on any atom is -0.480 e. The summed E-state index contributed by atoms with van der Waals surface area (Å²) in [5, 5.41) is 8.69. The molecular weight excluding hydrogens is 245 g/mol. The van der Waals surface area contributed by atoms with E-state index in [9.17, 15) is 14.2 Å². The molecule has 0 aliphatic rings. The Morgan fingerprint density at radius 3 is 2.06 bits per heavy atom. The summed E-state index contributed by atoms with van der Waals surface area (Å²) in [6, 6.07) is 0. The van der Waals surface area contributed by atoms with Crippen molar-refractivity contribution >= 4 is 19.2 Å². The van der Waals surface area contributed by atoms with E-state index < -0.39 is 31.4 Å². The first-order valence-corrected chi connectivity index (χ1v) is 7.93. The van der Waals surface area contributed by atoms with Crippen LogP contribution in [0.25, 0.3) is 0 Å². The Morgan fingerprint density at radius 2 is 1.76 bits per heavy atom. The van der Waals surface area contributed by atoms with E-state index in [-0.39, 0.29) is 6.29 Å². The van der Waals surface area contributed by atoms with Crippen LogP contribution in [0.4, 0.5) is 4.79 Å². The Hall–Kier alpha value is -1.03. The standard InChI is InChI=1S/C10H20NO5P/c1-10(2,3)16-9(14)11(6-8(12)13)7-17(4,5)15/h6-7H2,1-5H3,(H,12,13). The summed E-state index contributed by atoms with van der Waals surface area (Å²) in [4.78, 5) is 23.3. The van der Waals surface area contributed by atoms with Gasteiger partial charge < -0.3 is 14.4 Å². The predicted molar refractivity (Wildman–Crippen MR) is 64.9 cm³/mol. The van der Waals surface area contributed by atoms with Crippen molar-refractivity contribution in [3.05, 3.63) is 0 Å². The van der Waals surface area contributed by atoms with Gasteiger partial charge in [-0.25, -0.2) is 4.79 Å². The number of rotatable bonds is 4. The number of carbonyl (C=O) groups excluding carboxylic acids is 1. The Bertz CT molecular complexity index is 341. The SMILES string of the molecule is CC(C)(C)OC(=O)N(CC(=O)O)CP(C)(C)=O. The highest BCUT2D eigenvalue weighted by Gasteiger charge is 2.26. The molecular formula is C10H20NO5P. The average molecular weight is 265 g/mol. The maximum absolute atomic E-state index is 11.7. The first kappa shape index (κ1) is 16.0. The molecule has 0 atom stereocenters. The van der Waals surface area contributed by atoms with Gasteiger partial charge in [-0.05, 0) is 34.1 Å². The highest BCUT2D eigenvalue weighted by Crippen LogP contribution is 2.36. The highest BCUT2D eigenvalue weighted by atomic mass is 31.2. The third-order valence-corrected chi connectivity index (χ3v) is 2.51. The van der Waals surface area contributed by atoms with Crippen molar-refractivity contribution in [2.24, 2.45) is 0 Å². The van der Waals surface area contributed by atoms with Crippen molar-refractivity contribution in [1.82, 2.24) is 4.90 Å². The number of amides is 1. The zero-order valence-corrected chi connectivity index (χ0v) is 11.8. The number of hydrogen-bond acceptors (Lipinski definition) is 4. The molecule has 0 fully saturated rings. The Kier molecular flexibility index (Phi) is 5.20. The monoisotopic (exact) mass is 265 g/mol. The molecule has 0 spiro atoms. The lowest BCUT2D eigenvalue weighted by Gasteiger charge is -2.27. The van der Waals surface area contributed by atoms with Gasteiger partial charge in [0.25, 0.3) is 0 Å². The van der Waals surface area contributed by atoms with E-state index in [2.05, 4.69) is 0 Å². The summed E-state index contributed by atoms with van der Waals surface area (Å²) in [6.45, 7) is 7.52. The second-order valence-electron chi connectivity index (χ2n) is 5.29. The van der Waals surface area contributed by atoms with E-state index in [1.807, 2.05) is 0 Å². The molecule has 0 aromatic rings. The highest BCUT2D eigenvalue weighted by molar-refractivity contribution is 7.62. The van der Waals surface area contributed by atoms with E-state index >= 15 is 0 Å². The molecule has 1 amide bonds. The number of aliphatic carboxylic acids is 1. The minimum atomic E-state index is -2.54. The van der Waals surface area contributed by atoms with Gasteiger partial charge in [-0.15, -0.1) is 0 Å². The summed E-state index contributed by atoms with van der Waals surface area (Å²) in [7, 11) is -2.54. The van der Waals surface area contributed by atoms with Crippen LogP contribution in [0.5, 0.6) is 0 Å². The van der Waals surface area contributed by atoms with Gasteiger partial charge in [0.1, 0.15) is 19.3 Å². The van der Waals surface area contributed by atoms with Gasteiger partial charge in [0.2, 0.25) is 0 Å². The van der Waals surface area contributed by atoms with Gasteiger partial charge >= 0.3 is 12.1 Å². The molecule has 0 aromatic carbocycles. The maximum Gasteiger partial charge on any atom is 0.411 e. The third kappa shape index (κ3) is 8.74. The molecule has 6 nitrogen and oxygen atoms in total. The van der Waals surface area contributed by atoms with Crippen LogP contribution in [0.15, 0.2) is 0 Å². The molecule has 7 heteroatoms. The fourth-order valence-electron chi connectivity index (χ4n) is 1.07. The molecule has 0 aliphatic carbocycles.